The molecule has 1 aromatic carbocycles. The number of pyridine rings is 1. The van der Waals surface area contributed by atoms with Gasteiger partial charge in [-0.2, -0.15) is 0 Å². The van der Waals surface area contributed by atoms with E-state index in [1.54, 1.807) is 18.3 Å². The molecule has 0 radical (unpaired) electrons. The number of benzene rings is 1. The van der Waals surface area contributed by atoms with Gasteiger partial charge in [-0.05, 0) is 55.9 Å². The van der Waals surface area contributed by atoms with E-state index in [2.05, 4.69) is 10.3 Å². The van der Waals surface area contributed by atoms with E-state index in [-0.39, 0.29) is 18.6 Å². The van der Waals surface area contributed by atoms with Gasteiger partial charge in [-0.1, -0.05) is 11.6 Å². The van der Waals surface area contributed by atoms with E-state index in [0.717, 1.165) is 31.1 Å². The van der Waals surface area contributed by atoms with Crippen LogP contribution in [0.2, 0.25) is 5.02 Å². The second kappa shape index (κ2) is 6.63. The van der Waals surface area contributed by atoms with Crippen LogP contribution < -0.4 is 5.32 Å². The molecule has 4 nitrogen and oxygen atoms in total. The highest BCUT2D eigenvalue weighted by molar-refractivity contribution is 6.36. The van der Waals surface area contributed by atoms with Gasteiger partial charge in [0.1, 0.15) is 0 Å². The van der Waals surface area contributed by atoms with Gasteiger partial charge >= 0.3 is 0 Å². The van der Waals surface area contributed by atoms with Gasteiger partial charge in [0.2, 0.25) is 0 Å². The Morgan fingerprint density at radius 2 is 2.05 bits per heavy atom. The topological polar surface area (TPSA) is 62.2 Å². The van der Waals surface area contributed by atoms with Gasteiger partial charge < -0.3 is 10.4 Å². The molecule has 1 saturated carbocycles. The molecule has 1 heterocycles. The highest BCUT2D eigenvalue weighted by Gasteiger charge is 2.23. The summed E-state index contributed by atoms with van der Waals surface area (Å²) >= 11 is 6.16. The average molecular weight is 319 g/mol. The lowest BCUT2D eigenvalue weighted by Crippen LogP contribution is -2.38. The molecule has 1 aliphatic carbocycles. The first kappa shape index (κ1) is 15.3. The summed E-state index contributed by atoms with van der Waals surface area (Å²) in [6.45, 7) is 0.242. The number of carbonyl (C=O) groups is 1. The molecule has 0 spiro atoms. The molecule has 22 heavy (non-hydrogen) atoms. The SMILES string of the molecule is O=C(NC1CCC(CO)CC1)c1ccc(Cl)c2cccnc12. The Labute approximate surface area is 134 Å². The van der Waals surface area contributed by atoms with E-state index in [4.69, 9.17) is 11.6 Å². The summed E-state index contributed by atoms with van der Waals surface area (Å²) in [5.41, 5.74) is 1.20. The van der Waals surface area contributed by atoms with Gasteiger partial charge in [0.15, 0.2) is 0 Å². The van der Waals surface area contributed by atoms with Gasteiger partial charge in [0.05, 0.1) is 16.1 Å². The minimum atomic E-state index is -0.104. The van der Waals surface area contributed by atoms with Crippen molar-refractivity contribution >= 4 is 28.4 Å². The minimum absolute atomic E-state index is 0.104. The number of carbonyl (C=O) groups excluding carboxylic acids is 1. The van der Waals surface area contributed by atoms with Crippen molar-refractivity contribution in [2.24, 2.45) is 5.92 Å². The van der Waals surface area contributed by atoms with Gasteiger partial charge in [-0.25, -0.2) is 0 Å². The lowest BCUT2D eigenvalue weighted by atomic mass is 9.86. The number of aliphatic hydroxyl groups is 1. The first-order valence-electron chi connectivity index (χ1n) is 7.64. The van der Waals surface area contributed by atoms with Crippen molar-refractivity contribution in [3.8, 4) is 0 Å². The second-order valence-corrected chi connectivity index (χ2v) is 6.28. The fraction of sp³-hybridized carbons (Fsp3) is 0.412. The summed E-state index contributed by atoms with van der Waals surface area (Å²) in [4.78, 5) is 16.8. The smallest absolute Gasteiger partial charge is 0.253 e. The fourth-order valence-corrected chi connectivity index (χ4v) is 3.29. The highest BCUT2D eigenvalue weighted by atomic mass is 35.5. The Kier molecular flexibility index (Phi) is 4.60. The van der Waals surface area contributed by atoms with Crippen molar-refractivity contribution in [3.63, 3.8) is 0 Å². The van der Waals surface area contributed by atoms with Gasteiger partial charge in [-0.15, -0.1) is 0 Å². The highest BCUT2D eigenvalue weighted by Crippen LogP contribution is 2.26. The van der Waals surface area contributed by atoms with Crippen molar-refractivity contribution in [2.75, 3.05) is 6.61 Å². The van der Waals surface area contributed by atoms with Crippen LogP contribution in [-0.4, -0.2) is 28.6 Å². The number of nitrogens with zero attached hydrogens (tertiary/aromatic N) is 1. The molecule has 1 aliphatic rings. The zero-order valence-electron chi connectivity index (χ0n) is 12.3. The minimum Gasteiger partial charge on any atom is -0.396 e. The molecule has 0 atom stereocenters. The number of nitrogens with one attached hydrogen (secondary N) is 1. The van der Waals surface area contributed by atoms with E-state index in [1.165, 1.54) is 0 Å². The maximum Gasteiger partial charge on any atom is 0.253 e. The molecule has 0 saturated heterocycles. The predicted octanol–water partition coefficient (Wildman–Crippen LogP) is 3.17. The molecule has 1 fully saturated rings. The third-order valence-electron chi connectivity index (χ3n) is 4.40. The van der Waals surface area contributed by atoms with Crippen molar-refractivity contribution in [3.05, 3.63) is 41.0 Å². The molecule has 0 unspecified atom stereocenters. The standard InChI is InChI=1S/C17H19ClN2O2/c18-15-8-7-14(16-13(15)2-1-9-19-16)17(22)20-12-5-3-11(10-21)4-6-12/h1-2,7-9,11-12,21H,3-6,10H2,(H,20,22). The molecular weight excluding hydrogens is 300 g/mol. The van der Waals surface area contributed by atoms with E-state index >= 15 is 0 Å². The summed E-state index contributed by atoms with van der Waals surface area (Å²) in [5.74, 6) is 0.277. The van der Waals surface area contributed by atoms with Crippen LogP contribution in [0, 0.1) is 5.92 Å². The molecule has 2 N–H and O–H groups in total. The molecule has 1 amide bonds. The zero-order valence-corrected chi connectivity index (χ0v) is 13.0. The normalized spacial score (nSPS) is 21.7. The van der Waals surface area contributed by atoms with E-state index in [9.17, 15) is 9.90 Å². The van der Waals surface area contributed by atoms with Gasteiger partial charge in [0, 0.05) is 24.2 Å². The van der Waals surface area contributed by atoms with Gasteiger partial charge in [0.25, 0.3) is 5.91 Å². The Balaban J connectivity index is 1.77. The number of hydrogen-bond donors (Lipinski definition) is 2. The second-order valence-electron chi connectivity index (χ2n) is 5.87. The molecule has 0 aliphatic heterocycles. The van der Waals surface area contributed by atoms with Crippen molar-refractivity contribution in [2.45, 2.75) is 31.7 Å². The lowest BCUT2D eigenvalue weighted by Gasteiger charge is -2.28. The first-order chi connectivity index (χ1) is 10.7. The number of halogens is 1. The number of fused-ring (bicyclic) bond motifs is 1. The summed E-state index contributed by atoms with van der Waals surface area (Å²) in [6, 6.07) is 7.32. The van der Waals surface area contributed by atoms with Crippen LogP contribution in [-0.2, 0) is 0 Å². The maximum absolute atomic E-state index is 12.5. The Morgan fingerprint density at radius 3 is 2.77 bits per heavy atom. The summed E-state index contributed by atoms with van der Waals surface area (Å²) in [7, 11) is 0. The number of aliphatic hydroxyl groups excluding tert-OH is 1. The Bertz CT molecular complexity index is 681. The number of amides is 1. The van der Waals surface area contributed by atoms with Crippen molar-refractivity contribution in [1.82, 2.24) is 10.3 Å². The third-order valence-corrected chi connectivity index (χ3v) is 4.73. The Morgan fingerprint density at radius 1 is 1.27 bits per heavy atom. The van der Waals surface area contributed by atoms with E-state index < -0.39 is 0 Å². The van der Waals surface area contributed by atoms with Crippen LogP contribution in [0.1, 0.15) is 36.0 Å². The molecular formula is C17H19ClN2O2. The quantitative estimate of drug-likeness (QED) is 0.913. The molecule has 3 rings (SSSR count). The largest absolute Gasteiger partial charge is 0.396 e. The number of aromatic nitrogens is 1. The lowest BCUT2D eigenvalue weighted by molar-refractivity contribution is 0.0915. The number of hydrogen-bond acceptors (Lipinski definition) is 3. The predicted molar refractivity (Wildman–Crippen MR) is 87.1 cm³/mol. The summed E-state index contributed by atoms with van der Waals surface area (Å²) in [5, 5.41) is 13.7. The molecule has 0 bridgehead atoms. The summed E-state index contributed by atoms with van der Waals surface area (Å²) in [6.07, 6.45) is 5.41. The zero-order chi connectivity index (χ0) is 15.5. The average Bonchev–Trinajstić information content (AvgIpc) is 2.56. The molecule has 116 valence electrons. The maximum atomic E-state index is 12.5. The number of rotatable bonds is 3. The van der Waals surface area contributed by atoms with Crippen LogP contribution in [0.15, 0.2) is 30.5 Å². The van der Waals surface area contributed by atoms with E-state index in [0.29, 0.717) is 22.0 Å². The van der Waals surface area contributed by atoms with Crippen molar-refractivity contribution < 1.29 is 9.90 Å². The summed E-state index contributed by atoms with van der Waals surface area (Å²) < 4.78 is 0. The fourth-order valence-electron chi connectivity index (χ4n) is 3.07. The van der Waals surface area contributed by atoms with E-state index in [1.807, 2.05) is 12.1 Å². The first-order valence-corrected chi connectivity index (χ1v) is 8.02. The molecule has 2 aromatic rings. The van der Waals surface area contributed by atoms with Crippen molar-refractivity contribution in [1.29, 1.82) is 0 Å². The molecule has 5 heteroatoms. The van der Waals surface area contributed by atoms with Crippen LogP contribution >= 0.6 is 11.6 Å². The monoisotopic (exact) mass is 318 g/mol. The van der Waals surface area contributed by atoms with Crippen LogP contribution in [0.3, 0.4) is 0 Å². The van der Waals surface area contributed by atoms with Crippen LogP contribution in [0.5, 0.6) is 0 Å². The molecule has 1 aromatic heterocycles. The van der Waals surface area contributed by atoms with Crippen LogP contribution in [0.25, 0.3) is 10.9 Å². The third kappa shape index (κ3) is 3.08. The van der Waals surface area contributed by atoms with Gasteiger partial charge in [-0.3, -0.25) is 9.78 Å². The van der Waals surface area contributed by atoms with Crippen LogP contribution in [0.4, 0.5) is 0 Å². The Hall–Kier alpha value is -1.65.